The van der Waals surface area contributed by atoms with Crippen LogP contribution in [0.4, 0.5) is 0 Å². The van der Waals surface area contributed by atoms with E-state index in [1.54, 1.807) is 13.1 Å². The number of aliphatic carboxylic acids is 1. The summed E-state index contributed by atoms with van der Waals surface area (Å²) >= 11 is 0. The van der Waals surface area contributed by atoms with Crippen molar-refractivity contribution in [1.82, 2.24) is 9.78 Å². The molecule has 0 saturated heterocycles. The zero-order valence-corrected chi connectivity index (χ0v) is 9.42. The van der Waals surface area contributed by atoms with Crippen molar-refractivity contribution >= 4 is 11.5 Å². The Hall–Kier alpha value is -2.36. The van der Waals surface area contributed by atoms with Crippen LogP contribution in [0.3, 0.4) is 0 Å². The normalized spacial score (nSPS) is 10.2. The Bertz CT molecular complexity index is 570. The second kappa shape index (κ2) is 4.25. The van der Waals surface area contributed by atoms with Crippen LogP contribution in [0.5, 0.6) is 0 Å². The molecule has 2 aromatic rings. The van der Waals surface area contributed by atoms with Gasteiger partial charge in [-0.2, -0.15) is 5.10 Å². The Morgan fingerprint density at radius 3 is 2.59 bits per heavy atom. The zero-order chi connectivity index (χ0) is 12.4. The van der Waals surface area contributed by atoms with Gasteiger partial charge in [0, 0.05) is 12.6 Å². The molecule has 0 amide bonds. The molecule has 0 atom stereocenters. The molecule has 86 valence electrons. The molecule has 0 spiro atoms. The lowest BCUT2D eigenvalue weighted by atomic mass is 10.1. The average Bonchev–Trinajstić information content (AvgIpc) is 2.71. The number of carboxylic acids is 1. The van der Waals surface area contributed by atoms with E-state index in [1.807, 2.05) is 30.3 Å². The number of rotatable bonds is 3. The van der Waals surface area contributed by atoms with E-state index in [1.165, 1.54) is 4.68 Å². The third-order valence-electron chi connectivity index (χ3n) is 2.52. The number of benzene rings is 1. The Morgan fingerprint density at radius 2 is 2.00 bits per heavy atom. The fourth-order valence-corrected chi connectivity index (χ4v) is 1.61. The third kappa shape index (κ3) is 2.10. The van der Waals surface area contributed by atoms with E-state index in [0.29, 0.717) is 5.69 Å². The molecule has 0 aliphatic carbocycles. The van der Waals surface area contributed by atoms with E-state index in [4.69, 9.17) is 5.11 Å². The van der Waals surface area contributed by atoms with Crippen molar-refractivity contribution in [2.75, 3.05) is 0 Å². The molecule has 4 heteroatoms. The van der Waals surface area contributed by atoms with Crippen molar-refractivity contribution in [3.05, 3.63) is 48.7 Å². The summed E-state index contributed by atoms with van der Waals surface area (Å²) in [6, 6.07) is 11.3. The molecule has 0 unspecified atom stereocenters. The molecule has 1 aromatic carbocycles. The minimum absolute atomic E-state index is 0.0437. The van der Waals surface area contributed by atoms with Gasteiger partial charge in [0.25, 0.3) is 0 Å². The fraction of sp³-hybridized carbons (Fsp3) is 0.0769. The van der Waals surface area contributed by atoms with Crippen LogP contribution in [0.2, 0.25) is 0 Å². The maximum Gasteiger partial charge on any atom is 0.337 e. The first kappa shape index (κ1) is 11.1. The van der Waals surface area contributed by atoms with E-state index in [2.05, 4.69) is 11.7 Å². The summed E-state index contributed by atoms with van der Waals surface area (Å²) in [5.41, 5.74) is 2.25. The minimum atomic E-state index is -1.03. The molecule has 2 rings (SSSR count). The summed E-state index contributed by atoms with van der Waals surface area (Å²) in [5, 5.41) is 13.2. The molecular formula is C13H12N2O2. The summed E-state index contributed by atoms with van der Waals surface area (Å²) in [6.07, 6.45) is 0. The Balaban J connectivity index is 2.44. The molecule has 1 aromatic heterocycles. The van der Waals surface area contributed by atoms with Gasteiger partial charge in [-0.3, -0.25) is 4.68 Å². The predicted octanol–water partition coefficient (Wildman–Crippen LogP) is 2.18. The largest absolute Gasteiger partial charge is 0.478 e. The predicted molar refractivity (Wildman–Crippen MR) is 65.3 cm³/mol. The molecule has 4 nitrogen and oxygen atoms in total. The van der Waals surface area contributed by atoms with Gasteiger partial charge in [0.1, 0.15) is 0 Å². The number of aryl methyl sites for hydroxylation is 1. The number of carboxylic acid groups (broad SMARTS) is 1. The first-order valence-corrected chi connectivity index (χ1v) is 5.11. The molecule has 0 aliphatic heterocycles. The van der Waals surface area contributed by atoms with E-state index in [-0.39, 0.29) is 5.57 Å². The minimum Gasteiger partial charge on any atom is -0.478 e. The van der Waals surface area contributed by atoms with Crippen LogP contribution in [0.25, 0.3) is 16.8 Å². The Kier molecular flexibility index (Phi) is 2.78. The highest BCUT2D eigenvalue weighted by molar-refractivity contribution is 6.14. The van der Waals surface area contributed by atoms with Crippen LogP contribution in [-0.2, 0) is 11.8 Å². The van der Waals surface area contributed by atoms with Gasteiger partial charge in [-0.1, -0.05) is 36.9 Å². The fourth-order valence-electron chi connectivity index (χ4n) is 1.61. The van der Waals surface area contributed by atoms with Crippen molar-refractivity contribution in [2.45, 2.75) is 0 Å². The molecule has 17 heavy (non-hydrogen) atoms. The topological polar surface area (TPSA) is 55.1 Å². The van der Waals surface area contributed by atoms with Gasteiger partial charge in [-0.05, 0) is 6.07 Å². The summed E-state index contributed by atoms with van der Waals surface area (Å²) in [7, 11) is 1.70. The highest BCUT2D eigenvalue weighted by atomic mass is 16.4. The average molecular weight is 228 g/mol. The van der Waals surface area contributed by atoms with Crippen LogP contribution < -0.4 is 0 Å². The summed E-state index contributed by atoms with van der Waals surface area (Å²) in [4.78, 5) is 10.9. The summed E-state index contributed by atoms with van der Waals surface area (Å²) in [6.45, 7) is 3.53. The molecule has 0 radical (unpaired) electrons. The zero-order valence-electron chi connectivity index (χ0n) is 9.42. The molecule has 1 N–H and O–H groups in total. The van der Waals surface area contributed by atoms with Gasteiger partial charge in [-0.25, -0.2) is 4.79 Å². The third-order valence-corrected chi connectivity index (χ3v) is 2.52. The van der Waals surface area contributed by atoms with Crippen LogP contribution in [0.15, 0.2) is 43.0 Å². The Morgan fingerprint density at radius 1 is 1.35 bits per heavy atom. The molecule has 0 bridgehead atoms. The quantitative estimate of drug-likeness (QED) is 0.819. The van der Waals surface area contributed by atoms with Crippen molar-refractivity contribution in [3.8, 4) is 11.3 Å². The van der Waals surface area contributed by atoms with Crippen molar-refractivity contribution in [3.63, 3.8) is 0 Å². The maximum atomic E-state index is 10.9. The van der Waals surface area contributed by atoms with Crippen molar-refractivity contribution < 1.29 is 9.90 Å². The second-order valence-corrected chi connectivity index (χ2v) is 3.69. The highest BCUT2D eigenvalue weighted by Gasteiger charge is 2.14. The number of hydrogen-bond donors (Lipinski definition) is 1. The van der Waals surface area contributed by atoms with Crippen LogP contribution in [0.1, 0.15) is 5.69 Å². The molecule has 0 fully saturated rings. The first-order chi connectivity index (χ1) is 8.09. The number of nitrogens with zero attached hydrogens (tertiary/aromatic N) is 2. The smallest absolute Gasteiger partial charge is 0.337 e. The summed E-state index contributed by atoms with van der Waals surface area (Å²) < 4.78 is 1.53. The lowest BCUT2D eigenvalue weighted by Crippen LogP contribution is -2.03. The number of carbonyl (C=O) groups is 1. The van der Waals surface area contributed by atoms with Crippen LogP contribution >= 0.6 is 0 Å². The molecule has 0 saturated carbocycles. The van der Waals surface area contributed by atoms with E-state index >= 15 is 0 Å². The van der Waals surface area contributed by atoms with Gasteiger partial charge in [-0.15, -0.1) is 0 Å². The second-order valence-electron chi connectivity index (χ2n) is 3.69. The monoisotopic (exact) mass is 228 g/mol. The number of hydrogen-bond acceptors (Lipinski definition) is 2. The molecular weight excluding hydrogens is 216 g/mol. The van der Waals surface area contributed by atoms with Gasteiger partial charge in [0.15, 0.2) is 0 Å². The van der Waals surface area contributed by atoms with Gasteiger partial charge in [0.2, 0.25) is 0 Å². The van der Waals surface area contributed by atoms with E-state index in [0.717, 1.165) is 11.3 Å². The van der Waals surface area contributed by atoms with Gasteiger partial charge < -0.3 is 5.11 Å². The summed E-state index contributed by atoms with van der Waals surface area (Å²) in [5.74, 6) is -1.03. The van der Waals surface area contributed by atoms with Gasteiger partial charge >= 0.3 is 5.97 Å². The SMILES string of the molecule is C=C(C(=O)O)c1cc(-c2ccccc2)nn1C. The van der Waals surface area contributed by atoms with Crippen molar-refractivity contribution in [2.24, 2.45) is 7.05 Å². The van der Waals surface area contributed by atoms with Crippen LogP contribution in [-0.4, -0.2) is 20.9 Å². The highest BCUT2D eigenvalue weighted by Crippen LogP contribution is 2.21. The van der Waals surface area contributed by atoms with Crippen LogP contribution in [0, 0.1) is 0 Å². The van der Waals surface area contributed by atoms with E-state index in [9.17, 15) is 4.79 Å². The van der Waals surface area contributed by atoms with Gasteiger partial charge in [0.05, 0.1) is 17.0 Å². The Labute approximate surface area is 98.8 Å². The lowest BCUT2D eigenvalue weighted by Gasteiger charge is -1.98. The maximum absolute atomic E-state index is 10.9. The van der Waals surface area contributed by atoms with Crippen molar-refractivity contribution in [1.29, 1.82) is 0 Å². The number of aromatic nitrogens is 2. The molecule has 0 aliphatic rings. The lowest BCUT2D eigenvalue weighted by molar-refractivity contribution is -0.130. The first-order valence-electron chi connectivity index (χ1n) is 5.11. The van der Waals surface area contributed by atoms with E-state index < -0.39 is 5.97 Å². The standard InChI is InChI=1S/C13H12N2O2/c1-9(13(16)17)12-8-11(14-15(12)2)10-6-4-3-5-7-10/h3-8H,1H2,2H3,(H,16,17). The molecule has 1 heterocycles.